The molecule has 0 aliphatic rings. The smallest absolute Gasteiger partial charge is 0.239 e. The van der Waals surface area contributed by atoms with Crippen LogP contribution in [-0.2, 0) is 11.2 Å². The summed E-state index contributed by atoms with van der Waals surface area (Å²) in [7, 11) is 1.66. The molecule has 0 fully saturated rings. The van der Waals surface area contributed by atoms with E-state index in [9.17, 15) is 9.18 Å². The summed E-state index contributed by atoms with van der Waals surface area (Å²) in [5.41, 5.74) is 1.63. The quantitative estimate of drug-likeness (QED) is 0.493. The Morgan fingerprint density at radius 3 is 2.72 bits per heavy atom. The fourth-order valence-electron chi connectivity index (χ4n) is 2.53. The third-order valence-corrected chi connectivity index (χ3v) is 3.57. The average molecular weight is 347 g/mol. The highest BCUT2D eigenvalue weighted by molar-refractivity contribution is 5.87. The number of aliphatic imine (C=N–C) groups is 1. The SMILES string of the molecule is CN=C(NCCc1c[nH]c2cc(F)ccc12)NCC(=O)NC(C)(C)C. The number of nitrogens with one attached hydrogen (secondary N) is 4. The lowest BCUT2D eigenvalue weighted by Gasteiger charge is -2.21. The fraction of sp³-hybridized carbons (Fsp3) is 0.444. The number of guanidine groups is 1. The number of carbonyl (C=O) groups is 1. The van der Waals surface area contributed by atoms with Crippen molar-refractivity contribution in [3.05, 3.63) is 35.8 Å². The van der Waals surface area contributed by atoms with Crippen LogP contribution in [0.4, 0.5) is 4.39 Å². The molecule has 0 aliphatic carbocycles. The Morgan fingerprint density at radius 2 is 2.04 bits per heavy atom. The molecule has 136 valence electrons. The van der Waals surface area contributed by atoms with Gasteiger partial charge in [-0.1, -0.05) is 0 Å². The summed E-state index contributed by atoms with van der Waals surface area (Å²) in [4.78, 5) is 19.0. The Hall–Kier alpha value is -2.57. The van der Waals surface area contributed by atoms with Gasteiger partial charge in [-0.05, 0) is 51.0 Å². The summed E-state index contributed by atoms with van der Waals surface area (Å²) in [6.45, 7) is 6.61. The fourth-order valence-corrected chi connectivity index (χ4v) is 2.53. The third kappa shape index (κ3) is 5.77. The van der Waals surface area contributed by atoms with Gasteiger partial charge in [0.15, 0.2) is 5.96 Å². The van der Waals surface area contributed by atoms with Crippen molar-refractivity contribution < 1.29 is 9.18 Å². The van der Waals surface area contributed by atoms with E-state index in [4.69, 9.17) is 0 Å². The topological polar surface area (TPSA) is 81.3 Å². The van der Waals surface area contributed by atoms with E-state index in [0.717, 1.165) is 22.9 Å². The van der Waals surface area contributed by atoms with Gasteiger partial charge in [0.25, 0.3) is 0 Å². The molecule has 0 aliphatic heterocycles. The van der Waals surface area contributed by atoms with Crippen LogP contribution in [0.25, 0.3) is 10.9 Å². The van der Waals surface area contributed by atoms with Crippen LogP contribution in [0.2, 0.25) is 0 Å². The minimum absolute atomic E-state index is 0.0888. The highest BCUT2D eigenvalue weighted by Gasteiger charge is 2.13. The van der Waals surface area contributed by atoms with Crippen LogP contribution in [0.5, 0.6) is 0 Å². The molecule has 25 heavy (non-hydrogen) atoms. The Balaban J connectivity index is 1.82. The first kappa shape index (κ1) is 18.8. The van der Waals surface area contributed by atoms with Crippen molar-refractivity contribution in [2.24, 2.45) is 4.99 Å². The molecule has 1 aromatic carbocycles. The molecule has 0 spiro atoms. The van der Waals surface area contributed by atoms with Gasteiger partial charge in [0.1, 0.15) is 5.82 Å². The van der Waals surface area contributed by atoms with Crippen molar-refractivity contribution in [2.45, 2.75) is 32.7 Å². The van der Waals surface area contributed by atoms with Crippen LogP contribution in [0.1, 0.15) is 26.3 Å². The molecule has 2 rings (SSSR count). The number of amides is 1. The molecule has 1 heterocycles. The number of halogens is 1. The highest BCUT2D eigenvalue weighted by atomic mass is 19.1. The number of nitrogens with zero attached hydrogens (tertiary/aromatic N) is 1. The molecule has 0 saturated carbocycles. The largest absolute Gasteiger partial charge is 0.361 e. The zero-order valence-corrected chi connectivity index (χ0v) is 15.2. The highest BCUT2D eigenvalue weighted by Crippen LogP contribution is 2.19. The standard InChI is InChI=1S/C18H26FN5O/c1-18(2,3)24-16(25)11-23-17(20-4)21-8-7-12-10-22-15-9-13(19)5-6-14(12)15/h5-6,9-10,22H,7-8,11H2,1-4H3,(H,24,25)(H2,20,21,23). The lowest BCUT2D eigenvalue weighted by molar-refractivity contribution is -0.121. The number of H-pyrrole nitrogens is 1. The summed E-state index contributed by atoms with van der Waals surface area (Å²) in [5.74, 6) is 0.223. The number of aromatic amines is 1. The molecule has 1 aromatic heterocycles. The molecule has 2 aromatic rings. The van der Waals surface area contributed by atoms with Gasteiger partial charge in [0, 0.05) is 36.2 Å². The number of carbonyl (C=O) groups excluding carboxylic acids is 1. The lowest BCUT2D eigenvalue weighted by atomic mass is 10.1. The molecule has 4 N–H and O–H groups in total. The summed E-state index contributed by atoms with van der Waals surface area (Å²) < 4.78 is 13.2. The van der Waals surface area contributed by atoms with Gasteiger partial charge < -0.3 is 20.9 Å². The van der Waals surface area contributed by atoms with Gasteiger partial charge in [-0.2, -0.15) is 0 Å². The molecule has 0 atom stereocenters. The van der Waals surface area contributed by atoms with Crippen LogP contribution < -0.4 is 16.0 Å². The maximum Gasteiger partial charge on any atom is 0.239 e. The minimum atomic E-state index is -0.259. The number of benzene rings is 1. The van der Waals surface area contributed by atoms with Crippen LogP contribution >= 0.6 is 0 Å². The van der Waals surface area contributed by atoms with Gasteiger partial charge in [0.05, 0.1) is 6.54 Å². The van der Waals surface area contributed by atoms with E-state index in [1.807, 2.05) is 27.0 Å². The summed E-state index contributed by atoms with van der Waals surface area (Å²) in [6, 6.07) is 4.72. The van der Waals surface area contributed by atoms with Gasteiger partial charge in [-0.15, -0.1) is 0 Å². The predicted octanol–water partition coefficient (Wildman–Crippen LogP) is 1.93. The van der Waals surface area contributed by atoms with E-state index in [1.54, 1.807) is 13.1 Å². The second-order valence-corrected chi connectivity index (χ2v) is 6.90. The predicted molar refractivity (Wildman–Crippen MR) is 99.2 cm³/mol. The lowest BCUT2D eigenvalue weighted by Crippen LogP contribution is -2.48. The zero-order chi connectivity index (χ0) is 18.4. The first-order valence-electron chi connectivity index (χ1n) is 8.29. The van der Waals surface area contributed by atoms with Crippen LogP contribution in [0.3, 0.4) is 0 Å². The number of rotatable bonds is 5. The van der Waals surface area contributed by atoms with Crippen LogP contribution in [-0.4, -0.2) is 42.5 Å². The second kappa shape index (κ2) is 8.00. The number of hydrogen-bond donors (Lipinski definition) is 4. The first-order valence-corrected chi connectivity index (χ1v) is 8.29. The molecule has 6 nitrogen and oxygen atoms in total. The Kier molecular flexibility index (Phi) is 6.01. The minimum Gasteiger partial charge on any atom is -0.361 e. The summed E-state index contributed by atoms with van der Waals surface area (Å²) in [6.07, 6.45) is 2.64. The van der Waals surface area contributed by atoms with Crippen molar-refractivity contribution in [1.29, 1.82) is 0 Å². The summed E-state index contributed by atoms with van der Waals surface area (Å²) >= 11 is 0. The normalized spacial score (nSPS) is 12.3. The van der Waals surface area contributed by atoms with E-state index >= 15 is 0 Å². The van der Waals surface area contributed by atoms with E-state index < -0.39 is 0 Å². The van der Waals surface area contributed by atoms with E-state index in [0.29, 0.717) is 12.5 Å². The number of hydrogen-bond acceptors (Lipinski definition) is 2. The zero-order valence-electron chi connectivity index (χ0n) is 15.2. The Morgan fingerprint density at radius 1 is 1.28 bits per heavy atom. The first-order chi connectivity index (χ1) is 11.8. The molecule has 0 bridgehead atoms. The Labute approximate surface area is 147 Å². The number of fused-ring (bicyclic) bond motifs is 1. The van der Waals surface area contributed by atoms with Gasteiger partial charge >= 0.3 is 0 Å². The van der Waals surface area contributed by atoms with Crippen molar-refractivity contribution in [2.75, 3.05) is 20.1 Å². The van der Waals surface area contributed by atoms with Crippen LogP contribution in [0, 0.1) is 5.82 Å². The second-order valence-electron chi connectivity index (χ2n) is 6.90. The van der Waals surface area contributed by atoms with E-state index in [-0.39, 0.29) is 23.8 Å². The van der Waals surface area contributed by atoms with Crippen molar-refractivity contribution in [3.63, 3.8) is 0 Å². The summed E-state index contributed by atoms with van der Waals surface area (Å²) in [5, 5.41) is 10.1. The van der Waals surface area contributed by atoms with Crippen LogP contribution in [0.15, 0.2) is 29.4 Å². The van der Waals surface area contributed by atoms with Gasteiger partial charge in [-0.3, -0.25) is 9.79 Å². The molecular weight excluding hydrogens is 321 g/mol. The molecule has 7 heteroatoms. The molecular formula is C18H26FN5O. The maximum absolute atomic E-state index is 13.2. The van der Waals surface area contributed by atoms with E-state index in [2.05, 4.69) is 25.9 Å². The molecule has 1 amide bonds. The third-order valence-electron chi connectivity index (χ3n) is 3.57. The van der Waals surface area contributed by atoms with Crippen molar-refractivity contribution >= 4 is 22.8 Å². The van der Waals surface area contributed by atoms with Crippen molar-refractivity contribution in [3.8, 4) is 0 Å². The average Bonchev–Trinajstić information content (AvgIpc) is 2.91. The van der Waals surface area contributed by atoms with Crippen molar-refractivity contribution in [1.82, 2.24) is 20.9 Å². The van der Waals surface area contributed by atoms with Gasteiger partial charge in [-0.25, -0.2) is 4.39 Å². The molecule has 0 unspecified atom stereocenters. The Bertz CT molecular complexity index is 760. The number of aromatic nitrogens is 1. The monoisotopic (exact) mass is 347 g/mol. The molecule has 0 saturated heterocycles. The van der Waals surface area contributed by atoms with E-state index in [1.165, 1.54) is 12.1 Å². The maximum atomic E-state index is 13.2. The molecule has 0 radical (unpaired) electrons. The van der Waals surface area contributed by atoms with Gasteiger partial charge in [0.2, 0.25) is 5.91 Å².